The Kier molecular flexibility index (Phi) is 5.16. The summed E-state index contributed by atoms with van der Waals surface area (Å²) in [4.78, 5) is 16.8. The van der Waals surface area contributed by atoms with Crippen molar-refractivity contribution in [3.05, 3.63) is 65.2 Å². The van der Waals surface area contributed by atoms with Gasteiger partial charge in [0.2, 0.25) is 0 Å². The molecule has 6 nitrogen and oxygen atoms in total. The van der Waals surface area contributed by atoms with Crippen LogP contribution in [0.15, 0.2) is 53.5 Å². The molecule has 2 atom stereocenters. The number of amidine groups is 1. The van der Waals surface area contributed by atoms with E-state index < -0.39 is 9.84 Å². The first-order chi connectivity index (χ1) is 13.4. The van der Waals surface area contributed by atoms with E-state index in [1.54, 1.807) is 12.1 Å². The van der Waals surface area contributed by atoms with Crippen LogP contribution in [-0.4, -0.2) is 42.3 Å². The fourth-order valence-electron chi connectivity index (χ4n) is 3.23. The molecule has 146 valence electrons. The normalized spacial score (nSPS) is 22.4. The third kappa shape index (κ3) is 4.39. The molecule has 0 saturated carbocycles. The van der Waals surface area contributed by atoms with E-state index in [0.717, 1.165) is 16.4 Å². The van der Waals surface area contributed by atoms with Gasteiger partial charge in [-0.25, -0.2) is 8.42 Å². The molecule has 1 saturated heterocycles. The molecule has 2 aromatic carbocycles. The third-order valence-corrected chi connectivity index (χ3v) is 7.93. The summed E-state index contributed by atoms with van der Waals surface area (Å²) in [6, 6.07) is 15.1. The van der Waals surface area contributed by atoms with Gasteiger partial charge in [-0.1, -0.05) is 41.6 Å². The van der Waals surface area contributed by atoms with E-state index >= 15 is 0 Å². The number of hydrogen-bond donors (Lipinski definition) is 2. The van der Waals surface area contributed by atoms with Gasteiger partial charge in [-0.15, -0.1) is 0 Å². The standard InChI is InChI=1S/C20H21N3O3S2/c1-13-2-4-14(5-3-13)10-21-19(24)15-6-8-16(9-7-15)22-20-23-17-11-28(25,26)12-18(17)27-20/h2-9,17-18H,10-12H2,1H3,(H,21,24)(H,22,23)/t17-,18-/m0/s1. The van der Waals surface area contributed by atoms with Crippen molar-refractivity contribution in [3.8, 4) is 0 Å². The number of hydrogen-bond acceptors (Lipinski definition) is 6. The molecule has 0 radical (unpaired) electrons. The maximum Gasteiger partial charge on any atom is 0.251 e. The number of amides is 1. The fraction of sp³-hybridized carbons (Fsp3) is 0.300. The smallest absolute Gasteiger partial charge is 0.251 e. The van der Waals surface area contributed by atoms with E-state index in [4.69, 9.17) is 0 Å². The molecule has 2 heterocycles. The summed E-state index contributed by atoms with van der Waals surface area (Å²) in [5.74, 6) is 0.201. The largest absolute Gasteiger partial charge is 0.348 e. The Bertz CT molecular complexity index is 1020. The molecule has 0 bridgehead atoms. The number of sulfone groups is 1. The van der Waals surface area contributed by atoms with Crippen LogP contribution in [0.2, 0.25) is 0 Å². The zero-order valence-corrected chi connectivity index (χ0v) is 17.0. The van der Waals surface area contributed by atoms with Crippen molar-refractivity contribution < 1.29 is 13.2 Å². The zero-order chi connectivity index (χ0) is 19.7. The minimum Gasteiger partial charge on any atom is -0.348 e. The van der Waals surface area contributed by atoms with Crippen LogP contribution in [0.1, 0.15) is 21.5 Å². The van der Waals surface area contributed by atoms with Gasteiger partial charge in [-0.05, 0) is 36.8 Å². The summed E-state index contributed by atoms with van der Waals surface area (Å²) in [6.07, 6.45) is 0. The van der Waals surface area contributed by atoms with Crippen molar-refractivity contribution in [2.45, 2.75) is 24.8 Å². The second kappa shape index (κ2) is 7.60. The number of nitrogens with zero attached hydrogens (tertiary/aromatic N) is 1. The van der Waals surface area contributed by atoms with Crippen LogP contribution in [0, 0.1) is 6.92 Å². The molecule has 0 unspecified atom stereocenters. The van der Waals surface area contributed by atoms with Gasteiger partial charge in [0.25, 0.3) is 5.91 Å². The molecule has 2 N–H and O–H groups in total. The lowest BCUT2D eigenvalue weighted by molar-refractivity contribution is 0.0951. The molecule has 2 aliphatic heterocycles. The first kappa shape index (κ1) is 19.0. The number of anilines is 1. The molecule has 2 aliphatic rings. The van der Waals surface area contributed by atoms with Crippen molar-refractivity contribution in [3.63, 3.8) is 0 Å². The van der Waals surface area contributed by atoms with Gasteiger partial charge in [0.1, 0.15) is 0 Å². The van der Waals surface area contributed by atoms with Crippen molar-refractivity contribution in [2.75, 3.05) is 16.8 Å². The van der Waals surface area contributed by atoms with E-state index in [0.29, 0.717) is 12.1 Å². The lowest BCUT2D eigenvalue weighted by Gasteiger charge is -2.09. The summed E-state index contributed by atoms with van der Waals surface area (Å²) in [5.41, 5.74) is 3.65. The van der Waals surface area contributed by atoms with Crippen LogP contribution >= 0.6 is 11.8 Å². The van der Waals surface area contributed by atoms with Crippen LogP contribution in [0.4, 0.5) is 5.69 Å². The SMILES string of the molecule is Cc1ccc(CNC(=O)c2ccc(NC3=N[C@H]4CS(=O)(=O)C[C@@H]4S3)cc2)cc1. The average Bonchev–Trinajstić information content (AvgIpc) is 3.14. The van der Waals surface area contributed by atoms with Crippen LogP contribution in [0.3, 0.4) is 0 Å². The number of fused-ring (bicyclic) bond motifs is 1. The molecule has 0 spiro atoms. The van der Waals surface area contributed by atoms with Gasteiger partial charge in [0, 0.05) is 23.0 Å². The average molecular weight is 416 g/mol. The third-order valence-electron chi connectivity index (χ3n) is 4.79. The quantitative estimate of drug-likeness (QED) is 0.802. The lowest BCUT2D eigenvalue weighted by Crippen LogP contribution is -2.22. The predicted octanol–water partition coefficient (Wildman–Crippen LogP) is 2.61. The maximum absolute atomic E-state index is 12.3. The highest BCUT2D eigenvalue weighted by molar-refractivity contribution is 8.15. The van der Waals surface area contributed by atoms with E-state index in [1.165, 1.54) is 17.3 Å². The van der Waals surface area contributed by atoms with Gasteiger partial charge in [-0.3, -0.25) is 9.79 Å². The Balaban J connectivity index is 1.32. The number of aliphatic imine (C=N–C) groups is 1. The molecular weight excluding hydrogens is 394 g/mol. The Morgan fingerprint density at radius 2 is 1.82 bits per heavy atom. The van der Waals surface area contributed by atoms with Gasteiger partial charge in [0.05, 0.1) is 17.5 Å². The Morgan fingerprint density at radius 3 is 2.50 bits per heavy atom. The van der Waals surface area contributed by atoms with Gasteiger partial charge in [-0.2, -0.15) is 0 Å². The highest BCUT2D eigenvalue weighted by Crippen LogP contribution is 2.34. The Morgan fingerprint density at radius 1 is 1.11 bits per heavy atom. The minimum absolute atomic E-state index is 0.0133. The number of nitrogens with one attached hydrogen (secondary N) is 2. The molecule has 2 aromatic rings. The number of carbonyl (C=O) groups is 1. The second-order valence-corrected chi connectivity index (χ2v) is 10.5. The first-order valence-corrected chi connectivity index (χ1v) is 11.7. The van der Waals surface area contributed by atoms with Gasteiger partial charge >= 0.3 is 0 Å². The monoisotopic (exact) mass is 415 g/mol. The van der Waals surface area contributed by atoms with Crippen LogP contribution in [0.5, 0.6) is 0 Å². The predicted molar refractivity (Wildman–Crippen MR) is 114 cm³/mol. The second-order valence-electron chi connectivity index (χ2n) is 7.11. The van der Waals surface area contributed by atoms with E-state index in [1.807, 2.05) is 43.3 Å². The van der Waals surface area contributed by atoms with E-state index in [2.05, 4.69) is 15.6 Å². The number of carbonyl (C=O) groups excluding carboxylic acids is 1. The summed E-state index contributed by atoms with van der Waals surface area (Å²) >= 11 is 1.48. The number of benzene rings is 2. The summed E-state index contributed by atoms with van der Waals surface area (Å²) in [5, 5.41) is 6.88. The summed E-state index contributed by atoms with van der Waals surface area (Å²) in [7, 11) is -2.94. The molecular formula is C20H21N3O3S2. The molecule has 0 aromatic heterocycles. The van der Waals surface area contributed by atoms with Crippen LogP contribution < -0.4 is 10.6 Å². The van der Waals surface area contributed by atoms with Crippen molar-refractivity contribution >= 4 is 38.4 Å². The molecule has 8 heteroatoms. The fourth-order valence-corrected chi connectivity index (χ4v) is 6.91. The van der Waals surface area contributed by atoms with Crippen molar-refractivity contribution in [1.29, 1.82) is 0 Å². The molecule has 4 rings (SSSR count). The maximum atomic E-state index is 12.3. The molecule has 0 aliphatic carbocycles. The van der Waals surface area contributed by atoms with Gasteiger partial charge < -0.3 is 10.6 Å². The Hall–Kier alpha value is -2.32. The minimum atomic E-state index is -2.94. The van der Waals surface area contributed by atoms with Crippen molar-refractivity contribution in [2.24, 2.45) is 4.99 Å². The van der Waals surface area contributed by atoms with E-state index in [9.17, 15) is 13.2 Å². The van der Waals surface area contributed by atoms with Crippen molar-refractivity contribution in [1.82, 2.24) is 5.32 Å². The lowest BCUT2D eigenvalue weighted by atomic mass is 10.1. The van der Waals surface area contributed by atoms with Crippen LogP contribution in [0.25, 0.3) is 0 Å². The Labute approximate surface area is 168 Å². The summed E-state index contributed by atoms with van der Waals surface area (Å²) in [6.45, 7) is 2.51. The highest BCUT2D eigenvalue weighted by Gasteiger charge is 2.42. The van der Waals surface area contributed by atoms with Crippen LogP contribution in [-0.2, 0) is 16.4 Å². The number of thioether (sulfide) groups is 1. The molecule has 1 fully saturated rings. The number of aryl methyl sites for hydroxylation is 1. The zero-order valence-electron chi connectivity index (χ0n) is 15.4. The molecule has 28 heavy (non-hydrogen) atoms. The number of rotatable bonds is 4. The topological polar surface area (TPSA) is 87.6 Å². The van der Waals surface area contributed by atoms with Gasteiger partial charge in [0.15, 0.2) is 15.0 Å². The summed E-state index contributed by atoms with van der Waals surface area (Å²) < 4.78 is 23.3. The van der Waals surface area contributed by atoms with E-state index in [-0.39, 0.29) is 28.7 Å². The molecule has 1 amide bonds. The highest BCUT2D eigenvalue weighted by atomic mass is 32.2. The first-order valence-electron chi connectivity index (χ1n) is 9.04.